The van der Waals surface area contributed by atoms with E-state index in [0.29, 0.717) is 13.2 Å². The van der Waals surface area contributed by atoms with Crippen molar-refractivity contribution in [3.63, 3.8) is 0 Å². The Kier molecular flexibility index (Phi) is 4.67. The molecule has 0 aliphatic carbocycles. The summed E-state index contributed by atoms with van der Waals surface area (Å²) in [5, 5.41) is 0. The molecule has 2 aliphatic heterocycles. The van der Waals surface area contributed by atoms with Crippen LogP contribution in [-0.4, -0.2) is 33.9 Å². The van der Waals surface area contributed by atoms with E-state index in [9.17, 15) is 17.2 Å². The van der Waals surface area contributed by atoms with Gasteiger partial charge < -0.3 is 14.4 Å². The Labute approximate surface area is 156 Å². The van der Waals surface area contributed by atoms with Crippen molar-refractivity contribution in [3.05, 3.63) is 48.0 Å². The number of rotatable bonds is 4. The molecule has 1 fully saturated rings. The van der Waals surface area contributed by atoms with Crippen LogP contribution in [-0.2, 0) is 9.84 Å². The third-order valence-electron chi connectivity index (χ3n) is 4.94. The van der Waals surface area contributed by atoms with E-state index in [-0.39, 0.29) is 10.9 Å². The first-order valence-corrected chi connectivity index (χ1v) is 10.3. The molecule has 2 aliphatic rings. The lowest BCUT2D eigenvalue weighted by atomic mass is 10.0. The molecule has 2 heterocycles. The molecular weight excluding hydrogens is 376 g/mol. The second kappa shape index (κ2) is 6.99. The highest BCUT2D eigenvalue weighted by Gasteiger charge is 2.29. The van der Waals surface area contributed by atoms with E-state index >= 15 is 0 Å². The van der Waals surface area contributed by atoms with Crippen LogP contribution in [0.15, 0.2) is 47.4 Å². The Bertz CT molecular complexity index is 931. The largest absolute Gasteiger partial charge is 0.486 e. The van der Waals surface area contributed by atoms with Crippen LogP contribution in [0.2, 0.25) is 0 Å². The molecule has 0 unspecified atom stereocenters. The van der Waals surface area contributed by atoms with Gasteiger partial charge in [-0.15, -0.1) is 0 Å². The monoisotopic (exact) mass is 395 g/mol. The van der Waals surface area contributed by atoms with Crippen LogP contribution in [0.3, 0.4) is 0 Å². The molecule has 0 amide bonds. The van der Waals surface area contributed by atoms with Crippen LogP contribution in [0.25, 0.3) is 0 Å². The van der Waals surface area contributed by atoms with Crippen LogP contribution in [0.5, 0.6) is 11.5 Å². The highest BCUT2D eigenvalue weighted by molar-refractivity contribution is 7.91. The van der Waals surface area contributed by atoms with Crippen LogP contribution in [0.4, 0.5) is 14.5 Å². The number of halogens is 2. The molecule has 5 nitrogen and oxygen atoms in total. The lowest BCUT2D eigenvalue weighted by molar-refractivity contribution is 0.171. The molecule has 4 rings (SSSR count). The van der Waals surface area contributed by atoms with Gasteiger partial charge in [0, 0.05) is 12.2 Å². The standard InChI is InChI=1S/C19H19F2NO4S/c20-19(21)27(23,24)15-6-4-14(5-7-15)22-9-1-2-16(22)13-3-8-17-18(12-13)26-11-10-25-17/h3-8,12,16,19H,1-2,9-11H2/t16-/m1/s1. The summed E-state index contributed by atoms with van der Waals surface area (Å²) in [4.78, 5) is 1.79. The zero-order valence-electron chi connectivity index (χ0n) is 14.5. The lowest BCUT2D eigenvalue weighted by Crippen LogP contribution is -2.23. The number of benzene rings is 2. The average Bonchev–Trinajstić information content (AvgIpc) is 3.17. The number of alkyl halides is 2. The fourth-order valence-electron chi connectivity index (χ4n) is 3.62. The Morgan fingerprint density at radius 3 is 2.41 bits per heavy atom. The Morgan fingerprint density at radius 2 is 1.70 bits per heavy atom. The average molecular weight is 395 g/mol. The maximum absolute atomic E-state index is 12.7. The van der Waals surface area contributed by atoms with E-state index in [0.717, 1.165) is 42.1 Å². The fraction of sp³-hybridized carbons (Fsp3) is 0.368. The minimum absolute atomic E-state index is 0.110. The molecule has 0 bridgehead atoms. The predicted octanol–water partition coefficient (Wildman–Crippen LogP) is 3.80. The molecule has 1 saturated heterocycles. The van der Waals surface area contributed by atoms with E-state index in [1.165, 1.54) is 12.1 Å². The van der Waals surface area contributed by atoms with Gasteiger partial charge in [0.05, 0.1) is 10.9 Å². The molecule has 0 N–H and O–H groups in total. The second-order valence-corrected chi connectivity index (χ2v) is 8.47. The van der Waals surface area contributed by atoms with Gasteiger partial charge in [-0.3, -0.25) is 0 Å². The molecule has 1 atom stereocenters. The minimum Gasteiger partial charge on any atom is -0.486 e. The molecule has 2 aromatic rings. The molecule has 0 spiro atoms. The van der Waals surface area contributed by atoms with E-state index in [1.54, 1.807) is 12.1 Å². The van der Waals surface area contributed by atoms with E-state index in [4.69, 9.17) is 9.47 Å². The number of anilines is 1. The molecule has 0 saturated carbocycles. The zero-order chi connectivity index (χ0) is 19.0. The second-order valence-electron chi connectivity index (χ2n) is 6.55. The Balaban J connectivity index is 1.60. The first-order chi connectivity index (χ1) is 13.0. The van der Waals surface area contributed by atoms with Crippen molar-refractivity contribution in [2.24, 2.45) is 0 Å². The van der Waals surface area contributed by atoms with Gasteiger partial charge in [0.15, 0.2) is 11.5 Å². The normalized spacial score (nSPS) is 19.5. The Hall–Kier alpha value is -2.35. The first-order valence-electron chi connectivity index (χ1n) is 8.75. The van der Waals surface area contributed by atoms with Gasteiger partial charge in [-0.1, -0.05) is 6.07 Å². The van der Waals surface area contributed by atoms with Gasteiger partial charge in [0.25, 0.3) is 0 Å². The van der Waals surface area contributed by atoms with E-state index in [2.05, 4.69) is 4.90 Å². The summed E-state index contributed by atoms with van der Waals surface area (Å²) in [5.74, 6) is -1.96. The summed E-state index contributed by atoms with van der Waals surface area (Å²) < 4.78 is 59.8. The van der Waals surface area contributed by atoms with Crippen LogP contribution in [0, 0.1) is 0 Å². The van der Waals surface area contributed by atoms with Crippen molar-refractivity contribution < 1.29 is 26.7 Å². The number of nitrogens with zero attached hydrogens (tertiary/aromatic N) is 1. The van der Waals surface area contributed by atoms with Gasteiger partial charge in [0.2, 0.25) is 9.84 Å². The number of sulfone groups is 1. The van der Waals surface area contributed by atoms with E-state index in [1.807, 2.05) is 18.2 Å². The van der Waals surface area contributed by atoms with Crippen LogP contribution >= 0.6 is 0 Å². The van der Waals surface area contributed by atoms with Gasteiger partial charge in [0.1, 0.15) is 13.2 Å². The summed E-state index contributed by atoms with van der Waals surface area (Å²) in [6.07, 6.45) is 1.92. The van der Waals surface area contributed by atoms with E-state index < -0.39 is 15.6 Å². The minimum atomic E-state index is -4.58. The molecular formula is C19H19F2NO4S. The number of hydrogen-bond donors (Lipinski definition) is 0. The van der Waals surface area contributed by atoms with Crippen LogP contribution in [0.1, 0.15) is 24.4 Å². The third kappa shape index (κ3) is 3.34. The number of fused-ring (bicyclic) bond motifs is 1. The maximum Gasteiger partial charge on any atom is 0.341 e. The zero-order valence-corrected chi connectivity index (χ0v) is 15.3. The number of hydrogen-bond acceptors (Lipinski definition) is 5. The Morgan fingerprint density at radius 1 is 1.00 bits per heavy atom. The third-order valence-corrected chi connectivity index (χ3v) is 6.33. The molecule has 27 heavy (non-hydrogen) atoms. The molecule has 2 aromatic carbocycles. The smallest absolute Gasteiger partial charge is 0.341 e. The summed E-state index contributed by atoms with van der Waals surface area (Å²) >= 11 is 0. The van der Waals surface area contributed by atoms with Crippen molar-refractivity contribution in [1.29, 1.82) is 0 Å². The summed E-state index contributed by atoms with van der Waals surface area (Å²) in [6.45, 7) is 1.86. The van der Waals surface area contributed by atoms with Gasteiger partial charge in [-0.2, -0.15) is 8.78 Å². The molecule has 0 radical (unpaired) electrons. The first kappa shape index (κ1) is 18.0. The predicted molar refractivity (Wildman–Crippen MR) is 96.4 cm³/mol. The van der Waals surface area contributed by atoms with Crippen molar-refractivity contribution in [3.8, 4) is 11.5 Å². The summed E-state index contributed by atoms with van der Waals surface area (Å²) in [5.41, 5.74) is 1.89. The van der Waals surface area contributed by atoms with Crippen LogP contribution < -0.4 is 14.4 Å². The van der Waals surface area contributed by atoms with Gasteiger partial charge in [-0.05, 0) is 54.8 Å². The summed E-state index contributed by atoms with van der Waals surface area (Å²) in [6, 6.07) is 11.7. The molecule has 8 heteroatoms. The molecule has 0 aromatic heterocycles. The topological polar surface area (TPSA) is 55.8 Å². The quantitative estimate of drug-likeness (QED) is 0.788. The summed E-state index contributed by atoms with van der Waals surface area (Å²) in [7, 11) is -4.58. The lowest BCUT2D eigenvalue weighted by Gasteiger charge is -2.28. The van der Waals surface area contributed by atoms with Crippen molar-refractivity contribution in [1.82, 2.24) is 0 Å². The maximum atomic E-state index is 12.7. The molecule has 144 valence electrons. The number of ether oxygens (including phenoxy) is 2. The van der Waals surface area contributed by atoms with Gasteiger partial charge in [-0.25, -0.2) is 8.42 Å². The fourth-order valence-corrected chi connectivity index (χ4v) is 4.34. The SMILES string of the molecule is O=S(=O)(c1ccc(N2CCC[C@@H]2c2ccc3c(c2)OCCO3)cc1)C(F)F. The van der Waals surface area contributed by atoms with Crippen molar-refractivity contribution >= 4 is 15.5 Å². The highest BCUT2D eigenvalue weighted by atomic mass is 32.2. The van der Waals surface area contributed by atoms with Crippen molar-refractivity contribution in [2.45, 2.75) is 29.5 Å². The van der Waals surface area contributed by atoms with Gasteiger partial charge >= 0.3 is 5.76 Å². The highest BCUT2D eigenvalue weighted by Crippen LogP contribution is 2.40. The van der Waals surface area contributed by atoms with Crippen molar-refractivity contribution in [2.75, 3.05) is 24.7 Å².